The molecule has 4 aliphatic carbocycles. The van der Waals surface area contributed by atoms with Crippen molar-refractivity contribution < 1.29 is 19.2 Å². The number of nitrogens with zero attached hydrogens (tertiary/aromatic N) is 4. The van der Waals surface area contributed by atoms with Crippen LogP contribution in [0.3, 0.4) is 0 Å². The Balaban J connectivity index is 1.02. The van der Waals surface area contributed by atoms with Crippen molar-refractivity contribution >= 4 is 101 Å². The zero-order valence-electron chi connectivity index (χ0n) is 29.7. The average molecular weight is 797 g/mol. The van der Waals surface area contributed by atoms with Gasteiger partial charge in [0.05, 0.1) is 54.6 Å². The van der Waals surface area contributed by atoms with E-state index >= 15 is 0 Å². The minimum atomic E-state index is -0.447. The first kappa shape index (κ1) is 34.1. The van der Waals surface area contributed by atoms with Gasteiger partial charge in [-0.1, -0.05) is 39.8 Å². The van der Waals surface area contributed by atoms with Gasteiger partial charge in [0.25, 0.3) is 0 Å². The molecule has 0 unspecified atom stereocenters. The minimum Gasteiger partial charge on any atom is -0.288 e. The second-order valence-corrected chi connectivity index (χ2v) is 19.2. The summed E-state index contributed by atoms with van der Waals surface area (Å²) in [5, 5.41) is 18.9. The topological polar surface area (TPSA) is 125 Å². The van der Waals surface area contributed by atoms with Crippen molar-refractivity contribution in [3.63, 3.8) is 0 Å². The molecule has 264 valence electrons. The highest BCUT2D eigenvalue weighted by Crippen LogP contribution is 2.65. The van der Waals surface area contributed by atoms with Crippen LogP contribution < -0.4 is 0 Å². The number of carbonyl (C=O) groups is 4. The first-order chi connectivity index (χ1) is 26.7. The summed E-state index contributed by atoms with van der Waals surface area (Å²) in [6, 6.07) is 13.4. The van der Waals surface area contributed by atoms with E-state index < -0.39 is 23.1 Å². The molecular formula is C44H20N4O4S4. The molecule has 0 spiro atoms. The largest absolute Gasteiger partial charge is 0.288 e. The molecule has 0 bridgehead atoms. The quantitative estimate of drug-likeness (QED) is 0.0976. The van der Waals surface area contributed by atoms with E-state index in [0.29, 0.717) is 0 Å². The summed E-state index contributed by atoms with van der Waals surface area (Å²) in [6.07, 6.45) is 3.29. The summed E-state index contributed by atoms with van der Waals surface area (Å²) < 4.78 is 2.47. The Morgan fingerprint density at radius 1 is 0.554 bits per heavy atom. The number of rotatable bonds is 2. The van der Waals surface area contributed by atoms with Crippen molar-refractivity contribution in [3.05, 3.63) is 136 Å². The van der Waals surface area contributed by atoms with Gasteiger partial charge in [0.1, 0.15) is 12.1 Å². The molecule has 4 heterocycles. The first-order valence-corrected chi connectivity index (χ1v) is 20.4. The second kappa shape index (κ2) is 11.1. The fourth-order valence-corrected chi connectivity index (χ4v) is 14.8. The van der Waals surface area contributed by atoms with Crippen LogP contribution in [0.4, 0.5) is 11.4 Å². The molecule has 0 N–H and O–H groups in total. The molecule has 4 aliphatic rings. The second-order valence-electron chi connectivity index (χ2n) is 15.0. The molecule has 0 saturated heterocycles. The lowest BCUT2D eigenvalue weighted by atomic mass is 9.82. The lowest BCUT2D eigenvalue weighted by Crippen LogP contribution is -2.15. The summed E-state index contributed by atoms with van der Waals surface area (Å²) in [5.41, 5.74) is 5.00. The van der Waals surface area contributed by atoms with Crippen LogP contribution >= 0.6 is 45.3 Å². The molecular weight excluding hydrogens is 777 g/mol. The van der Waals surface area contributed by atoms with Crippen molar-refractivity contribution in [2.45, 2.75) is 38.5 Å². The number of benzene rings is 2. The van der Waals surface area contributed by atoms with Crippen molar-refractivity contribution in [1.29, 1.82) is 10.5 Å². The molecule has 0 saturated carbocycles. The van der Waals surface area contributed by atoms with Gasteiger partial charge in [0.15, 0.2) is 34.5 Å². The zero-order chi connectivity index (χ0) is 39.3. The van der Waals surface area contributed by atoms with E-state index in [-0.39, 0.29) is 66.7 Å². The van der Waals surface area contributed by atoms with E-state index in [0.717, 1.165) is 30.6 Å². The van der Waals surface area contributed by atoms with Gasteiger partial charge in [0.2, 0.25) is 0 Å². The number of allylic oxidation sites excluding steroid dienone is 2. The third kappa shape index (κ3) is 4.17. The highest BCUT2D eigenvalue weighted by Gasteiger charge is 2.47. The maximum atomic E-state index is 13.4. The molecule has 56 heavy (non-hydrogen) atoms. The standard InChI is InChI=1S/C44H20N4O4S4/c1-43(2)27-11-19(9-25-33(49)21-7-17(15-45)18(16-46)8-22(21)34(25)50)53-37(27)39-31(43)41-42(55-39)32-40(56-41)38-28(44(32,3)4)12-20(54-38)10-26-35(51)23-13-29(47-5)30(48-6)14-24(23)36(26)52/h7-14H,1-4H3. The van der Waals surface area contributed by atoms with E-state index in [2.05, 4.69) is 49.5 Å². The van der Waals surface area contributed by atoms with Crippen molar-refractivity contribution in [2.75, 3.05) is 0 Å². The van der Waals surface area contributed by atoms with E-state index in [1.165, 1.54) is 54.5 Å². The van der Waals surface area contributed by atoms with Crippen LogP contribution in [0.25, 0.3) is 50.8 Å². The molecule has 2 aromatic carbocycles. The minimum absolute atomic E-state index is 0.0273. The summed E-state index contributed by atoms with van der Waals surface area (Å²) in [4.78, 5) is 66.6. The lowest BCUT2D eigenvalue weighted by molar-refractivity contribution is 0.0975. The number of hydrogen-bond donors (Lipinski definition) is 0. The first-order valence-electron chi connectivity index (χ1n) is 17.2. The Bertz CT molecular complexity index is 2940. The number of Topliss-reactive ketones (excluding diaryl/α,β-unsaturated/α-hetero) is 4. The third-order valence-corrected chi connectivity index (χ3v) is 16.4. The molecule has 10 rings (SSSR count). The monoisotopic (exact) mass is 796 g/mol. The van der Waals surface area contributed by atoms with Crippen LogP contribution in [0.2, 0.25) is 0 Å². The van der Waals surface area contributed by atoms with Gasteiger partial charge in [-0.2, -0.15) is 10.5 Å². The molecule has 0 atom stereocenters. The SMILES string of the molecule is [C-]#[N+]c1cc2c(cc1[N+]#[C-])C(=O)C(=Cc1cc3c(s1)-c1sc4c5c(sc4c1C3(C)C)-c1sc(C=C3C(=O)c4cc(C#N)c(C#N)cc4C3=O)cc1C5(C)C)C2=O. The predicted octanol–water partition coefficient (Wildman–Crippen LogP) is 11.5. The van der Waals surface area contributed by atoms with Crippen molar-refractivity contribution in [1.82, 2.24) is 0 Å². The van der Waals surface area contributed by atoms with Gasteiger partial charge >= 0.3 is 0 Å². The molecule has 8 nitrogen and oxygen atoms in total. The molecule has 0 aliphatic heterocycles. The van der Waals surface area contributed by atoms with Crippen LogP contribution in [0.5, 0.6) is 0 Å². The van der Waals surface area contributed by atoms with Crippen LogP contribution in [-0.2, 0) is 10.8 Å². The zero-order valence-corrected chi connectivity index (χ0v) is 32.9. The van der Waals surface area contributed by atoms with Gasteiger partial charge < -0.3 is 0 Å². The lowest BCUT2D eigenvalue weighted by Gasteiger charge is -2.20. The number of carbonyl (C=O) groups excluding carboxylic acids is 4. The molecule has 4 aromatic heterocycles. The summed E-state index contributed by atoms with van der Waals surface area (Å²) in [6.45, 7) is 23.6. The predicted molar refractivity (Wildman–Crippen MR) is 219 cm³/mol. The van der Waals surface area contributed by atoms with Crippen molar-refractivity contribution in [3.8, 4) is 31.6 Å². The number of fused-ring (bicyclic) bond motifs is 11. The fourth-order valence-electron chi connectivity index (χ4n) is 8.51. The smallest absolute Gasteiger partial charge is 0.197 e. The van der Waals surface area contributed by atoms with E-state index in [1.54, 1.807) is 57.5 Å². The molecule has 6 aromatic rings. The van der Waals surface area contributed by atoms with Crippen LogP contribution in [-0.4, -0.2) is 23.1 Å². The Morgan fingerprint density at radius 2 is 0.911 bits per heavy atom. The maximum Gasteiger partial charge on any atom is 0.197 e. The van der Waals surface area contributed by atoms with Crippen LogP contribution in [0, 0.1) is 35.8 Å². The highest BCUT2D eigenvalue weighted by atomic mass is 32.1. The van der Waals surface area contributed by atoms with Gasteiger partial charge in [-0.3, -0.25) is 28.9 Å². The Labute approximate surface area is 335 Å². The Hall–Kier alpha value is -6.38. The number of thiophene rings is 4. The summed E-state index contributed by atoms with van der Waals surface area (Å²) >= 11 is 6.65. The maximum absolute atomic E-state index is 13.4. The van der Waals surface area contributed by atoms with Crippen LogP contribution in [0.1, 0.15) is 112 Å². The Kier molecular flexibility index (Phi) is 6.77. The van der Waals surface area contributed by atoms with Gasteiger partial charge in [-0.15, -0.1) is 45.3 Å². The molecule has 0 fully saturated rings. The molecule has 12 heteroatoms. The fraction of sp³-hybridized carbons (Fsp3) is 0.136. The van der Waals surface area contributed by atoms with Crippen molar-refractivity contribution in [2.24, 2.45) is 0 Å². The summed E-state index contributed by atoms with van der Waals surface area (Å²) in [5.74, 6) is -1.76. The van der Waals surface area contributed by atoms with E-state index in [4.69, 9.17) is 13.1 Å². The Morgan fingerprint density at radius 3 is 1.25 bits per heavy atom. The van der Waals surface area contributed by atoms with Crippen LogP contribution in [0.15, 0.2) is 47.5 Å². The molecule has 0 radical (unpaired) electrons. The van der Waals surface area contributed by atoms with Gasteiger partial charge in [-0.05, 0) is 58.7 Å². The van der Waals surface area contributed by atoms with Gasteiger partial charge in [0, 0.05) is 52.6 Å². The summed E-state index contributed by atoms with van der Waals surface area (Å²) in [7, 11) is 0. The number of nitriles is 2. The highest BCUT2D eigenvalue weighted by molar-refractivity contribution is 7.34. The van der Waals surface area contributed by atoms with Gasteiger partial charge in [-0.25, -0.2) is 0 Å². The van der Waals surface area contributed by atoms with E-state index in [1.807, 2.05) is 12.1 Å². The molecule has 0 amide bonds. The number of hydrogen-bond acceptors (Lipinski definition) is 10. The van der Waals surface area contributed by atoms with E-state index in [9.17, 15) is 29.7 Å². The third-order valence-electron chi connectivity index (χ3n) is 11.3. The number of ketones is 4. The normalized spacial score (nSPS) is 16.1. The average Bonchev–Trinajstić information content (AvgIpc) is 4.04.